The van der Waals surface area contributed by atoms with E-state index >= 15 is 0 Å². The van der Waals surface area contributed by atoms with Crippen molar-refractivity contribution in [1.82, 2.24) is 20.3 Å². The molecule has 1 aromatic heterocycles. The van der Waals surface area contributed by atoms with Crippen LogP contribution in [0.1, 0.15) is 30.2 Å². The number of benzene rings is 2. The Morgan fingerprint density at radius 1 is 1.16 bits per heavy atom. The second kappa shape index (κ2) is 11.6. The van der Waals surface area contributed by atoms with Gasteiger partial charge in [0, 0.05) is 61.6 Å². The average Bonchev–Trinajstić information content (AvgIpc) is 3.63. The summed E-state index contributed by atoms with van der Waals surface area (Å²) in [6.07, 6.45) is 2.38. The summed E-state index contributed by atoms with van der Waals surface area (Å²) in [5.41, 5.74) is 2.44. The fourth-order valence-corrected chi connectivity index (χ4v) is 9.84. The molecule has 2 fully saturated rings. The first-order valence-electron chi connectivity index (χ1n) is 15.0. The number of hydrogen-bond donors (Lipinski definition) is 3. The molecule has 3 N–H and O–H groups in total. The van der Waals surface area contributed by atoms with E-state index in [1.165, 1.54) is 0 Å². The molecular weight excluding hydrogens is 564 g/mol. The fourth-order valence-electron chi connectivity index (χ4n) is 7.24. The van der Waals surface area contributed by atoms with Crippen LogP contribution in [0.3, 0.4) is 0 Å². The number of aryl methyl sites for hydroxylation is 1. The molecule has 4 atom stereocenters. The fraction of sp³-hybridized carbons (Fsp3) is 0.484. The van der Waals surface area contributed by atoms with Gasteiger partial charge in [-0.05, 0) is 43.3 Å². The van der Waals surface area contributed by atoms with E-state index in [0.29, 0.717) is 44.7 Å². The van der Waals surface area contributed by atoms with Crippen molar-refractivity contribution >= 4 is 31.5 Å². The van der Waals surface area contributed by atoms with Gasteiger partial charge in [0.1, 0.15) is 0 Å². The number of amides is 2. The van der Waals surface area contributed by atoms with Gasteiger partial charge in [0.25, 0.3) is 5.91 Å². The quantitative estimate of drug-likeness (QED) is 0.317. The molecule has 4 heterocycles. The maximum atomic E-state index is 14.7. The summed E-state index contributed by atoms with van der Waals surface area (Å²) in [4.78, 5) is 42.7. The highest BCUT2D eigenvalue weighted by Gasteiger charge is 2.66. The van der Waals surface area contributed by atoms with Gasteiger partial charge < -0.3 is 29.8 Å². The van der Waals surface area contributed by atoms with Crippen molar-refractivity contribution in [3.8, 4) is 0 Å². The molecule has 3 aliphatic rings. The smallest absolute Gasteiger partial charge is 0.264 e. The van der Waals surface area contributed by atoms with Crippen LogP contribution in [0.4, 0.5) is 11.4 Å². The number of aliphatic hydroxyl groups is 1. The highest BCUT2D eigenvalue weighted by Crippen LogP contribution is 2.60. The first-order valence-corrected chi connectivity index (χ1v) is 18.1. The predicted molar refractivity (Wildman–Crippen MR) is 164 cm³/mol. The van der Waals surface area contributed by atoms with Gasteiger partial charge in [0.15, 0.2) is 13.9 Å². The van der Waals surface area contributed by atoms with Crippen LogP contribution in [-0.2, 0) is 39.4 Å². The van der Waals surface area contributed by atoms with Gasteiger partial charge >= 0.3 is 0 Å². The number of anilines is 2. The zero-order valence-electron chi connectivity index (χ0n) is 24.9. The van der Waals surface area contributed by atoms with Gasteiger partial charge in [-0.3, -0.25) is 14.3 Å². The van der Waals surface area contributed by atoms with Crippen LogP contribution >= 0.6 is 0 Å². The molecule has 3 aromatic rings. The molecule has 0 radical (unpaired) electrons. The summed E-state index contributed by atoms with van der Waals surface area (Å²) in [6.45, 7) is 8.24. The number of aliphatic hydroxyl groups excluding tert-OH is 1. The number of fused-ring (bicyclic) bond motifs is 2. The van der Waals surface area contributed by atoms with Gasteiger partial charge in [-0.1, -0.05) is 42.5 Å². The average molecular weight is 605 g/mol. The summed E-state index contributed by atoms with van der Waals surface area (Å²) < 4.78 is 8.71. The molecule has 43 heavy (non-hydrogen) atoms. The van der Waals surface area contributed by atoms with Crippen molar-refractivity contribution in [2.75, 3.05) is 36.0 Å². The molecule has 0 bridgehead atoms. The number of rotatable bonds is 9. The minimum Gasteiger partial charge on any atom is -0.432 e. The lowest BCUT2D eigenvalue weighted by molar-refractivity contribution is -0.146. The summed E-state index contributed by atoms with van der Waals surface area (Å²) in [6, 6.07) is 15.7. The number of nitrogens with one attached hydrogen (secondary N) is 1. The summed E-state index contributed by atoms with van der Waals surface area (Å²) in [5.74, 6) is -0.468. The number of nitrogens with zero attached hydrogens (tertiary/aromatic N) is 5. The van der Waals surface area contributed by atoms with Gasteiger partial charge in [-0.2, -0.15) is 0 Å². The zero-order valence-corrected chi connectivity index (χ0v) is 25.9. The van der Waals surface area contributed by atoms with E-state index in [2.05, 4.69) is 15.6 Å². The van der Waals surface area contributed by atoms with Crippen molar-refractivity contribution in [2.24, 2.45) is 5.92 Å². The van der Waals surface area contributed by atoms with Crippen molar-refractivity contribution in [3.63, 3.8) is 0 Å². The Hall–Kier alpha value is -3.42. The number of carbonyl (C=O) groups is 2. The Kier molecular flexibility index (Phi) is 7.98. The van der Waals surface area contributed by atoms with Crippen molar-refractivity contribution < 1.29 is 24.2 Å². The maximum absolute atomic E-state index is 14.7. The topological polar surface area (TPSA) is 133 Å². The number of piperazine rings is 1. The second-order valence-electron chi connectivity index (χ2n) is 12.4. The molecule has 0 unspecified atom stereocenters. The Morgan fingerprint density at radius 3 is 2.67 bits per heavy atom. The molecule has 12 heteroatoms. The van der Waals surface area contributed by atoms with Crippen LogP contribution in [0.25, 0.3) is 0 Å². The summed E-state index contributed by atoms with van der Waals surface area (Å²) in [7, 11) is -2.84. The normalized spacial score (nSPS) is 25.7. The first-order chi connectivity index (χ1) is 20.6. The Balaban J connectivity index is 1.40. The van der Waals surface area contributed by atoms with Crippen LogP contribution in [0.5, 0.6) is 0 Å². The van der Waals surface area contributed by atoms with E-state index in [4.69, 9.17) is 4.74 Å². The molecule has 2 aromatic carbocycles. The van der Waals surface area contributed by atoms with Crippen LogP contribution in [0.2, 0.25) is 18.6 Å². The third-order valence-corrected chi connectivity index (χ3v) is 11.7. The molecular formula is C31H40N6O5Si. The van der Waals surface area contributed by atoms with Crippen LogP contribution in [0.15, 0.2) is 54.7 Å². The molecule has 228 valence electrons. The van der Waals surface area contributed by atoms with E-state index in [1.54, 1.807) is 14.5 Å². The van der Waals surface area contributed by atoms with Crippen molar-refractivity contribution in [3.05, 3.63) is 71.5 Å². The van der Waals surface area contributed by atoms with Crippen molar-refractivity contribution in [1.29, 1.82) is 0 Å². The molecule has 1 spiro atoms. The minimum absolute atomic E-state index is 0.000627. The number of ether oxygens (including phenoxy) is 1. The third kappa shape index (κ3) is 5.31. The van der Waals surface area contributed by atoms with Gasteiger partial charge in [-0.15, -0.1) is 5.10 Å². The number of carbonyl (C=O) groups excluding carboxylic acids is 2. The molecule has 6 rings (SSSR count). The van der Waals surface area contributed by atoms with Gasteiger partial charge in [-0.25, -0.2) is 0 Å². The lowest BCUT2D eigenvalue weighted by Crippen LogP contribution is -2.48. The third-order valence-electron chi connectivity index (χ3n) is 9.15. The zero-order chi connectivity index (χ0) is 30.4. The van der Waals surface area contributed by atoms with Gasteiger partial charge in [0.05, 0.1) is 30.6 Å². The van der Waals surface area contributed by atoms with E-state index in [1.807, 2.05) is 74.7 Å². The Bertz CT molecular complexity index is 1490. The molecule has 11 nitrogen and oxygen atoms in total. The Labute approximate surface area is 252 Å². The molecule has 2 saturated heterocycles. The van der Waals surface area contributed by atoms with Crippen LogP contribution < -0.4 is 15.1 Å². The lowest BCUT2D eigenvalue weighted by Gasteiger charge is -2.33. The SMILES string of the molecule is C[C@@H]1[C@@H]([Si](C)(C)O)[C@H](CCn2cc(CCO)nn2)O[C@@]12C(=O)N(Cc1ccccc1)c1ccc(N3CCNCC3=O)cc12. The summed E-state index contributed by atoms with van der Waals surface area (Å²) in [5, 5.41) is 20.7. The molecule has 2 amide bonds. The van der Waals surface area contributed by atoms with Crippen molar-refractivity contribution in [2.45, 2.75) is 63.2 Å². The highest BCUT2D eigenvalue weighted by molar-refractivity contribution is 6.71. The largest absolute Gasteiger partial charge is 0.432 e. The van der Waals surface area contributed by atoms with E-state index in [0.717, 1.165) is 22.5 Å². The first kappa shape index (κ1) is 29.6. The standard InChI is InChI=1S/C31H40N6O5Si/c1-21-29(43(2,3)41)27(11-14-35-20-23(12-16-38)33-34-35)42-31(21)25-17-24(36-15-13-32-18-28(36)39)9-10-26(25)37(30(31)40)19-22-7-5-4-6-8-22/h4-10,17,20-21,27,29,32,38,41H,11-16,18-19H2,1-3H3/t21-,27+,29-,31+/m1/s1. The van der Waals surface area contributed by atoms with E-state index in [9.17, 15) is 19.5 Å². The van der Waals surface area contributed by atoms with Crippen LogP contribution in [-0.4, -0.2) is 77.4 Å². The van der Waals surface area contributed by atoms with E-state index in [-0.39, 0.29) is 36.4 Å². The van der Waals surface area contributed by atoms with E-state index < -0.39 is 20.0 Å². The molecule has 0 saturated carbocycles. The monoisotopic (exact) mass is 604 g/mol. The maximum Gasteiger partial charge on any atom is 0.264 e. The number of aromatic nitrogens is 3. The molecule has 0 aliphatic carbocycles. The molecule has 3 aliphatic heterocycles. The Morgan fingerprint density at radius 2 is 1.95 bits per heavy atom. The minimum atomic E-state index is -2.84. The number of hydrogen-bond acceptors (Lipinski definition) is 8. The second-order valence-corrected chi connectivity index (χ2v) is 16.4. The summed E-state index contributed by atoms with van der Waals surface area (Å²) >= 11 is 0. The van der Waals surface area contributed by atoms with Gasteiger partial charge in [0.2, 0.25) is 5.91 Å². The lowest BCUT2D eigenvalue weighted by atomic mass is 9.82. The predicted octanol–water partition coefficient (Wildman–Crippen LogP) is 2.18. The highest BCUT2D eigenvalue weighted by atomic mass is 28.4. The van der Waals surface area contributed by atoms with Crippen LogP contribution in [0, 0.1) is 5.92 Å².